The third kappa shape index (κ3) is 5.11. The number of amides is 2. The van der Waals surface area contributed by atoms with Crippen LogP contribution < -0.4 is 0 Å². The molecule has 4 aliphatic rings. The Morgan fingerprint density at radius 1 is 0.912 bits per heavy atom. The molecule has 0 spiro atoms. The van der Waals surface area contributed by atoms with Gasteiger partial charge in [0.15, 0.2) is 0 Å². The van der Waals surface area contributed by atoms with E-state index in [-0.39, 0.29) is 42.3 Å². The molecule has 6 unspecified atom stereocenters. The quantitative estimate of drug-likeness (QED) is 0.596. The van der Waals surface area contributed by atoms with E-state index in [0.717, 1.165) is 51.4 Å². The number of nitrogens with zero attached hydrogens (tertiary/aromatic N) is 3. The van der Waals surface area contributed by atoms with Crippen molar-refractivity contribution in [2.24, 2.45) is 17.8 Å². The van der Waals surface area contributed by atoms with Crippen molar-refractivity contribution >= 4 is 22.0 Å². The van der Waals surface area contributed by atoms with Crippen LogP contribution in [0.3, 0.4) is 0 Å². The van der Waals surface area contributed by atoms with E-state index in [1.807, 2.05) is 30.6 Å². The third-order valence-electron chi connectivity index (χ3n) is 8.86. The highest BCUT2D eigenvalue weighted by atomic mass is 32.2. The fourth-order valence-corrected chi connectivity index (χ4v) is 8.76. The molecule has 2 saturated carbocycles. The van der Waals surface area contributed by atoms with Crippen LogP contribution in [0.15, 0.2) is 0 Å². The van der Waals surface area contributed by atoms with Crippen molar-refractivity contribution < 1.29 is 22.7 Å². The van der Waals surface area contributed by atoms with Gasteiger partial charge in [-0.1, -0.05) is 0 Å². The molecule has 0 N–H and O–H groups in total. The number of sulfonamides is 1. The number of hydrogen-bond acceptors (Lipinski definition) is 5. The van der Waals surface area contributed by atoms with Gasteiger partial charge in [0.1, 0.15) is 0 Å². The summed E-state index contributed by atoms with van der Waals surface area (Å²) >= 11 is 0. The first-order valence-corrected chi connectivity index (χ1v) is 15.0. The SMILES string of the molecule is CC(=O)N1C2CCC(C3CCC4CCCN(S(C)(=O)=O)C4C3)CC2N(C(=O)OC(C)C)C[C@@H]1C. The maximum absolute atomic E-state index is 13.0. The van der Waals surface area contributed by atoms with Gasteiger partial charge < -0.3 is 14.5 Å². The molecule has 9 heteroatoms. The number of piperidine rings is 1. The lowest BCUT2D eigenvalue weighted by atomic mass is 9.65. The molecule has 8 nitrogen and oxygen atoms in total. The van der Waals surface area contributed by atoms with Gasteiger partial charge in [0, 0.05) is 32.1 Å². The molecule has 2 aliphatic carbocycles. The lowest BCUT2D eigenvalue weighted by Gasteiger charge is -2.55. The minimum absolute atomic E-state index is 0.0238. The van der Waals surface area contributed by atoms with Gasteiger partial charge >= 0.3 is 6.09 Å². The van der Waals surface area contributed by atoms with Crippen LogP contribution in [0, 0.1) is 17.8 Å². The summed E-state index contributed by atoms with van der Waals surface area (Å²) in [6, 6.07) is 0.0641. The van der Waals surface area contributed by atoms with E-state index in [0.29, 0.717) is 30.8 Å². The fraction of sp³-hybridized carbons (Fsp3) is 0.920. The standard InChI is InChI=1S/C25H43N3O5S/c1-16(2)33-25(30)26-15-17(3)28(18(4)29)22-11-10-21(14-24(22)26)20-9-8-19-7-6-12-27(23(19)13-20)34(5,31)32/h16-17,19-24H,6-15H2,1-5H3/t17-,19?,20?,21?,22?,23?,24?/m0/s1. The second kappa shape index (κ2) is 9.96. The van der Waals surface area contributed by atoms with Crippen LogP contribution in [-0.2, 0) is 19.6 Å². The van der Waals surface area contributed by atoms with Gasteiger partial charge in [0.25, 0.3) is 0 Å². The summed E-state index contributed by atoms with van der Waals surface area (Å²) in [5.41, 5.74) is 0. The lowest BCUT2D eigenvalue weighted by molar-refractivity contribution is -0.143. The molecule has 0 bridgehead atoms. The summed E-state index contributed by atoms with van der Waals surface area (Å²) in [5, 5.41) is 0. The maximum Gasteiger partial charge on any atom is 0.410 e. The van der Waals surface area contributed by atoms with E-state index in [4.69, 9.17) is 4.74 Å². The Hall–Kier alpha value is -1.35. The van der Waals surface area contributed by atoms with Gasteiger partial charge in [-0.15, -0.1) is 0 Å². The minimum Gasteiger partial charge on any atom is -0.447 e. The van der Waals surface area contributed by atoms with Crippen LogP contribution in [0.25, 0.3) is 0 Å². The van der Waals surface area contributed by atoms with E-state index >= 15 is 0 Å². The Bertz CT molecular complexity index is 878. The topological polar surface area (TPSA) is 87.2 Å². The van der Waals surface area contributed by atoms with Crippen LogP contribution in [0.4, 0.5) is 4.79 Å². The number of carbonyl (C=O) groups is 2. The second-order valence-corrected chi connectivity index (χ2v) is 13.4. The summed E-state index contributed by atoms with van der Waals surface area (Å²) in [7, 11) is -3.20. The molecule has 2 aliphatic heterocycles. The van der Waals surface area contributed by atoms with Crippen molar-refractivity contribution in [2.75, 3.05) is 19.3 Å². The predicted molar refractivity (Wildman–Crippen MR) is 131 cm³/mol. The van der Waals surface area contributed by atoms with Gasteiger partial charge in [-0.2, -0.15) is 4.31 Å². The number of hydrogen-bond donors (Lipinski definition) is 0. The molecule has 2 amide bonds. The molecule has 0 aromatic carbocycles. The maximum atomic E-state index is 13.0. The molecular weight excluding hydrogens is 454 g/mol. The van der Waals surface area contributed by atoms with Gasteiger partial charge in [-0.3, -0.25) is 4.79 Å². The highest BCUT2D eigenvalue weighted by molar-refractivity contribution is 7.88. The summed E-state index contributed by atoms with van der Waals surface area (Å²) in [4.78, 5) is 29.4. The van der Waals surface area contributed by atoms with Crippen LogP contribution in [0.2, 0.25) is 0 Å². The van der Waals surface area contributed by atoms with Crippen LogP contribution in [0.5, 0.6) is 0 Å². The minimum atomic E-state index is -3.20. The van der Waals surface area contributed by atoms with Gasteiger partial charge in [0.05, 0.1) is 24.4 Å². The Morgan fingerprint density at radius 3 is 2.15 bits per heavy atom. The van der Waals surface area contributed by atoms with Gasteiger partial charge in [-0.25, -0.2) is 13.2 Å². The first-order chi connectivity index (χ1) is 16.0. The molecule has 2 saturated heterocycles. The van der Waals surface area contributed by atoms with Crippen LogP contribution >= 0.6 is 0 Å². The van der Waals surface area contributed by atoms with E-state index in [9.17, 15) is 18.0 Å². The van der Waals surface area contributed by atoms with E-state index in [1.54, 1.807) is 11.2 Å². The Morgan fingerprint density at radius 2 is 1.53 bits per heavy atom. The summed E-state index contributed by atoms with van der Waals surface area (Å²) < 4.78 is 32.3. The molecule has 2 heterocycles. The zero-order valence-corrected chi connectivity index (χ0v) is 22.3. The van der Waals surface area contributed by atoms with Crippen molar-refractivity contribution in [1.82, 2.24) is 14.1 Å². The average molecular weight is 498 g/mol. The lowest BCUT2D eigenvalue weighted by Crippen LogP contribution is -2.67. The van der Waals surface area contributed by atoms with Crippen molar-refractivity contribution in [3.05, 3.63) is 0 Å². The third-order valence-corrected chi connectivity index (χ3v) is 10.2. The predicted octanol–water partition coefficient (Wildman–Crippen LogP) is 3.46. The van der Waals surface area contributed by atoms with Gasteiger partial charge in [-0.05, 0) is 89.9 Å². The number of piperazine rings is 1. The van der Waals surface area contributed by atoms with Crippen LogP contribution in [0.1, 0.15) is 79.1 Å². The Kier molecular flexibility index (Phi) is 7.54. The monoisotopic (exact) mass is 497 g/mol. The molecule has 4 rings (SSSR count). The Labute approximate surface area is 205 Å². The van der Waals surface area contributed by atoms with Crippen molar-refractivity contribution in [2.45, 2.75) is 109 Å². The highest BCUT2D eigenvalue weighted by Crippen LogP contribution is 2.47. The van der Waals surface area contributed by atoms with Crippen molar-refractivity contribution in [1.29, 1.82) is 0 Å². The highest BCUT2D eigenvalue weighted by Gasteiger charge is 2.49. The largest absolute Gasteiger partial charge is 0.447 e. The summed E-state index contributed by atoms with van der Waals surface area (Å²) in [5.74, 6) is 1.43. The molecule has 0 aromatic heterocycles. The van der Waals surface area contributed by atoms with E-state index in [1.165, 1.54) is 6.26 Å². The smallest absolute Gasteiger partial charge is 0.410 e. The molecule has 7 atom stereocenters. The first kappa shape index (κ1) is 25.7. The molecule has 34 heavy (non-hydrogen) atoms. The summed E-state index contributed by atoms with van der Waals surface area (Å²) in [6.07, 6.45) is 8.86. The van der Waals surface area contributed by atoms with Crippen molar-refractivity contribution in [3.63, 3.8) is 0 Å². The Balaban J connectivity index is 1.53. The number of carbonyl (C=O) groups excluding carboxylic acids is 2. The van der Waals surface area contributed by atoms with Crippen molar-refractivity contribution in [3.8, 4) is 0 Å². The number of rotatable bonds is 3. The first-order valence-electron chi connectivity index (χ1n) is 13.2. The van der Waals surface area contributed by atoms with E-state index in [2.05, 4.69) is 0 Å². The fourth-order valence-electron chi connectivity index (χ4n) is 7.55. The number of ether oxygens (including phenoxy) is 1. The normalized spacial score (nSPS) is 37.2. The molecule has 0 aromatic rings. The molecule has 0 radical (unpaired) electrons. The zero-order chi connectivity index (χ0) is 24.8. The second-order valence-electron chi connectivity index (χ2n) is 11.5. The molecule has 4 fully saturated rings. The zero-order valence-electron chi connectivity index (χ0n) is 21.5. The number of fused-ring (bicyclic) bond motifs is 2. The molecular formula is C25H43N3O5S. The van der Waals surface area contributed by atoms with Gasteiger partial charge in [0.2, 0.25) is 15.9 Å². The average Bonchev–Trinajstić information content (AvgIpc) is 2.76. The molecule has 194 valence electrons. The summed E-state index contributed by atoms with van der Waals surface area (Å²) in [6.45, 7) is 8.52. The van der Waals surface area contributed by atoms with Crippen LogP contribution in [-0.4, -0.2) is 84.1 Å². The van der Waals surface area contributed by atoms with E-state index < -0.39 is 10.0 Å².